The van der Waals surface area contributed by atoms with Crippen LogP contribution in [0.5, 0.6) is 0 Å². The van der Waals surface area contributed by atoms with Crippen molar-refractivity contribution < 1.29 is 9.21 Å². The molecule has 0 unspecified atom stereocenters. The van der Waals surface area contributed by atoms with Gasteiger partial charge in [0.2, 0.25) is 11.8 Å². The number of thiazole rings is 1. The van der Waals surface area contributed by atoms with Crippen LogP contribution in [0.15, 0.2) is 56.6 Å². The highest BCUT2D eigenvalue weighted by atomic mass is 79.9. The first-order valence-corrected chi connectivity index (χ1v) is 10.6. The standard InChI is InChI=1S/C17H10BrClN4O2S2/c18-10-3-6-12-13(7-10)27-16(20-12)21-14(24)8-26-17-23-22-15(25-17)9-1-4-11(19)5-2-9/h1-7H,8H2,(H,20,21,24). The van der Waals surface area contributed by atoms with Gasteiger partial charge in [-0.05, 0) is 42.5 Å². The lowest BCUT2D eigenvalue weighted by Gasteiger charge is -1.98. The predicted molar refractivity (Wildman–Crippen MR) is 111 cm³/mol. The summed E-state index contributed by atoms with van der Waals surface area (Å²) in [6.45, 7) is 0. The Morgan fingerprint density at radius 3 is 2.85 bits per heavy atom. The Hall–Kier alpha value is -1.94. The van der Waals surface area contributed by atoms with Crippen LogP contribution < -0.4 is 5.32 Å². The minimum Gasteiger partial charge on any atom is -0.411 e. The number of aromatic nitrogens is 3. The largest absolute Gasteiger partial charge is 0.411 e. The first kappa shape index (κ1) is 18.4. The van der Waals surface area contributed by atoms with Gasteiger partial charge in [-0.15, -0.1) is 10.2 Å². The van der Waals surface area contributed by atoms with Gasteiger partial charge in [0.25, 0.3) is 5.22 Å². The average molecular weight is 482 g/mol. The van der Waals surface area contributed by atoms with Gasteiger partial charge in [0, 0.05) is 15.1 Å². The van der Waals surface area contributed by atoms with Crippen molar-refractivity contribution in [1.29, 1.82) is 0 Å². The van der Waals surface area contributed by atoms with Gasteiger partial charge in [0.15, 0.2) is 5.13 Å². The summed E-state index contributed by atoms with van der Waals surface area (Å²) in [6, 6.07) is 12.9. The summed E-state index contributed by atoms with van der Waals surface area (Å²) in [7, 11) is 0. The highest BCUT2D eigenvalue weighted by Gasteiger charge is 2.13. The minimum absolute atomic E-state index is 0.141. The summed E-state index contributed by atoms with van der Waals surface area (Å²) >= 11 is 11.9. The number of hydrogen-bond donors (Lipinski definition) is 1. The Morgan fingerprint density at radius 1 is 1.22 bits per heavy atom. The van der Waals surface area contributed by atoms with Crippen LogP contribution in [-0.4, -0.2) is 26.8 Å². The van der Waals surface area contributed by atoms with Gasteiger partial charge in [0.1, 0.15) is 0 Å². The molecule has 0 bridgehead atoms. The van der Waals surface area contributed by atoms with Gasteiger partial charge in [-0.2, -0.15) is 0 Å². The molecule has 2 aromatic carbocycles. The molecular weight excluding hydrogens is 472 g/mol. The van der Waals surface area contributed by atoms with E-state index in [1.54, 1.807) is 24.3 Å². The smallest absolute Gasteiger partial charge is 0.277 e. The number of carbonyl (C=O) groups excluding carboxylic acids is 1. The molecule has 4 rings (SSSR count). The predicted octanol–water partition coefficient (Wildman–Crippen LogP) is 5.49. The number of nitrogens with one attached hydrogen (secondary N) is 1. The lowest BCUT2D eigenvalue weighted by molar-refractivity contribution is -0.113. The average Bonchev–Trinajstić information content (AvgIpc) is 3.26. The molecular formula is C17H10BrClN4O2S2. The fraction of sp³-hybridized carbons (Fsp3) is 0.0588. The molecule has 0 aliphatic rings. The first-order valence-electron chi connectivity index (χ1n) is 7.65. The number of anilines is 1. The Labute approximate surface area is 175 Å². The molecule has 0 fully saturated rings. The van der Waals surface area contributed by atoms with Gasteiger partial charge in [-0.3, -0.25) is 4.79 Å². The van der Waals surface area contributed by atoms with E-state index >= 15 is 0 Å². The Balaban J connectivity index is 1.36. The summed E-state index contributed by atoms with van der Waals surface area (Å²) in [5.41, 5.74) is 1.61. The first-order chi connectivity index (χ1) is 13.1. The molecule has 1 amide bonds. The highest BCUT2D eigenvalue weighted by Crippen LogP contribution is 2.29. The van der Waals surface area contributed by atoms with E-state index < -0.39 is 0 Å². The van der Waals surface area contributed by atoms with Crippen LogP contribution in [0, 0.1) is 0 Å². The van der Waals surface area contributed by atoms with Crippen molar-refractivity contribution in [2.45, 2.75) is 5.22 Å². The molecule has 0 aliphatic carbocycles. The summed E-state index contributed by atoms with van der Waals surface area (Å²) in [6.07, 6.45) is 0. The maximum Gasteiger partial charge on any atom is 0.277 e. The number of rotatable bonds is 5. The molecule has 0 saturated heterocycles. The molecule has 0 spiro atoms. The number of hydrogen-bond acceptors (Lipinski definition) is 7. The van der Waals surface area contributed by atoms with Gasteiger partial charge < -0.3 is 9.73 Å². The van der Waals surface area contributed by atoms with E-state index in [4.69, 9.17) is 16.0 Å². The molecule has 27 heavy (non-hydrogen) atoms. The second kappa shape index (κ2) is 7.97. The van der Waals surface area contributed by atoms with Gasteiger partial charge in [-0.25, -0.2) is 4.98 Å². The molecule has 2 aromatic heterocycles. The van der Waals surface area contributed by atoms with Crippen molar-refractivity contribution in [3.63, 3.8) is 0 Å². The summed E-state index contributed by atoms with van der Waals surface area (Å²) < 4.78 is 7.54. The molecule has 4 aromatic rings. The van der Waals surface area contributed by atoms with E-state index in [1.807, 2.05) is 18.2 Å². The van der Waals surface area contributed by atoms with E-state index in [2.05, 4.69) is 36.4 Å². The molecule has 136 valence electrons. The number of thioether (sulfide) groups is 1. The SMILES string of the molecule is O=C(CSc1nnc(-c2ccc(Cl)cc2)o1)Nc1nc2ccc(Br)cc2s1. The van der Waals surface area contributed by atoms with Crippen molar-refractivity contribution in [1.82, 2.24) is 15.2 Å². The number of benzene rings is 2. The zero-order chi connectivity index (χ0) is 18.8. The molecule has 0 atom stereocenters. The topological polar surface area (TPSA) is 80.9 Å². The van der Waals surface area contributed by atoms with E-state index in [0.29, 0.717) is 21.3 Å². The normalized spacial score (nSPS) is 11.0. The lowest BCUT2D eigenvalue weighted by Crippen LogP contribution is -2.13. The van der Waals surface area contributed by atoms with Crippen LogP contribution in [0.2, 0.25) is 5.02 Å². The Kier molecular flexibility index (Phi) is 5.44. The second-order valence-electron chi connectivity index (χ2n) is 5.35. The number of nitrogens with zero attached hydrogens (tertiary/aromatic N) is 3. The third kappa shape index (κ3) is 4.49. The molecule has 0 aliphatic heterocycles. The van der Waals surface area contributed by atoms with Gasteiger partial charge in [-0.1, -0.05) is 50.6 Å². The summed E-state index contributed by atoms with van der Waals surface area (Å²) in [4.78, 5) is 16.6. The molecule has 1 N–H and O–H groups in total. The van der Waals surface area contributed by atoms with Crippen LogP contribution in [0.1, 0.15) is 0 Å². The molecule has 10 heteroatoms. The van der Waals surface area contributed by atoms with E-state index in [-0.39, 0.29) is 11.7 Å². The Morgan fingerprint density at radius 2 is 2.04 bits per heavy atom. The number of halogens is 2. The van der Waals surface area contributed by atoms with Crippen LogP contribution in [0.3, 0.4) is 0 Å². The summed E-state index contributed by atoms with van der Waals surface area (Å²) in [5.74, 6) is 0.331. The second-order valence-corrected chi connectivity index (χ2v) is 8.66. The highest BCUT2D eigenvalue weighted by molar-refractivity contribution is 9.10. The maximum atomic E-state index is 12.2. The number of fused-ring (bicyclic) bond motifs is 1. The zero-order valence-corrected chi connectivity index (χ0v) is 17.5. The van der Waals surface area contributed by atoms with E-state index in [1.165, 1.54) is 23.1 Å². The van der Waals surface area contributed by atoms with Crippen LogP contribution in [0.4, 0.5) is 5.13 Å². The summed E-state index contributed by atoms with van der Waals surface area (Å²) in [5, 5.41) is 12.2. The lowest BCUT2D eigenvalue weighted by atomic mass is 10.2. The minimum atomic E-state index is -0.190. The molecule has 6 nitrogen and oxygen atoms in total. The van der Waals surface area contributed by atoms with Crippen molar-refractivity contribution in [2.75, 3.05) is 11.1 Å². The van der Waals surface area contributed by atoms with Crippen molar-refractivity contribution >= 4 is 71.9 Å². The van der Waals surface area contributed by atoms with Crippen LogP contribution in [-0.2, 0) is 4.79 Å². The molecule has 0 radical (unpaired) electrons. The fourth-order valence-electron chi connectivity index (χ4n) is 2.21. The van der Waals surface area contributed by atoms with E-state index in [0.717, 1.165) is 20.3 Å². The van der Waals surface area contributed by atoms with Crippen LogP contribution >= 0.6 is 50.6 Å². The third-order valence-electron chi connectivity index (χ3n) is 3.42. The molecule has 0 saturated carbocycles. The van der Waals surface area contributed by atoms with Crippen LogP contribution in [0.25, 0.3) is 21.7 Å². The number of carbonyl (C=O) groups is 1. The van der Waals surface area contributed by atoms with Crippen molar-refractivity contribution in [3.8, 4) is 11.5 Å². The monoisotopic (exact) mass is 480 g/mol. The van der Waals surface area contributed by atoms with E-state index in [9.17, 15) is 4.79 Å². The van der Waals surface area contributed by atoms with Crippen molar-refractivity contribution in [3.05, 3.63) is 52.0 Å². The van der Waals surface area contributed by atoms with Gasteiger partial charge in [0.05, 0.1) is 16.0 Å². The molecule has 2 heterocycles. The maximum absolute atomic E-state index is 12.2. The quantitative estimate of drug-likeness (QED) is 0.379. The Bertz CT molecular complexity index is 1110. The van der Waals surface area contributed by atoms with Gasteiger partial charge >= 0.3 is 0 Å². The fourth-order valence-corrected chi connectivity index (χ4v) is 4.33. The zero-order valence-electron chi connectivity index (χ0n) is 13.5. The number of amides is 1. The third-order valence-corrected chi connectivity index (χ3v) is 5.92. The van der Waals surface area contributed by atoms with Crippen molar-refractivity contribution in [2.24, 2.45) is 0 Å².